The van der Waals surface area contributed by atoms with Gasteiger partial charge in [-0.15, -0.1) is 0 Å². The zero-order chi connectivity index (χ0) is 16.2. The van der Waals surface area contributed by atoms with Crippen LogP contribution in [-0.4, -0.2) is 50.5 Å². The molecule has 0 saturated carbocycles. The van der Waals surface area contributed by atoms with Gasteiger partial charge in [0.2, 0.25) is 5.76 Å². The SMILES string of the molecule is CCCCC(CC)C(=O)C(O)[C@H](O)[C@H]1OC(=O)C(O)=C1O. The number of hydrogen-bond acceptors (Lipinski definition) is 7. The molecule has 0 radical (unpaired) electrons. The number of hydrogen-bond donors (Lipinski definition) is 4. The van der Waals surface area contributed by atoms with Gasteiger partial charge in [-0.3, -0.25) is 4.79 Å². The van der Waals surface area contributed by atoms with Crippen LogP contribution in [0.5, 0.6) is 0 Å². The molecule has 0 amide bonds. The van der Waals surface area contributed by atoms with Crippen LogP contribution in [0.2, 0.25) is 0 Å². The molecule has 120 valence electrons. The number of Topliss-reactive ketones (excluding diaryl/α,β-unsaturated/α-hetero) is 1. The van der Waals surface area contributed by atoms with Crippen molar-refractivity contribution in [3.8, 4) is 0 Å². The van der Waals surface area contributed by atoms with Gasteiger partial charge in [-0.05, 0) is 12.8 Å². The molecule has 1 rings (SSSR count). The number of esters is 1. The molecule has 0 spiro atoms. The summed E-state index contributed by atoms with van der Waals surface area (Å²) in [5.74, 6) is -4.06. The molecule has 0 aromatic carbocycles. The minimum Gasteiger partial charge on any atom is -0.505 e. The van der Waals surface area contributed by atoms with E-state index < -0.39 is 47.5 Å². The van der Waals surface area contributed by atoms with Crippen molar-refractivity contribution in [3.05, 3.63) is 11.5 Å². The zero-order valence-corrected chi connectivity index (χ0v) is 12.2. The summed E-state index contributed by atoms with van der Waals surface area (Å²) in [6, 6.07) is 0. The van der Waals surface area contributed by atoms with Crippen molar-refractivity contribution in [3.63, 3.8) is 0 Å². The highest BCUT2D eigenvalue weighted by Gasteiger charge is 2.44. The second-order valence-corrected chi connectivity index (χ2v) is 5.14. The summed E-state index contributed by atoms with van der Waals surface area (Å²) in [4.78, 5) is 23.2. The van der Waals surface area contributed by atoms with E-state index in [1.807, 2.05) is 6.92 Å². The Kier molecular flexibility index (Phi) is 6.17. The number of unbranched alkanes of at least 4 members (excludes halogenated alkanes) is 1. The van der Waals surface area contributed by atoms with Gasteiger partial charge in [0.15, 0.2) is 17.6 Å². The van der Waals surface area contributed by atoms with Crippen LogP contribution in [0.25, 0.3) is 0 Å². The summed E-state index contributed by atoms with van der Waals surface area (Å²) >= 11 is 0. The van der Waals surface area contributed by atoms with E-state index in [0.717, 1.165) is 12.8 Å². The number of rotatable bonds is 8. The maximum absolute atomic E-state index is 12.1. The third kappa shape index (κ3) is 3.74. The molecule has 2 unspecified atom stereocenters. The molecule has 7 nitrogen and oxygen atoms in total. The van der Waals surface area contributed by atoms with Gasteiger partial charge < -0.3 is 25.2 Å². The van der Waals surface area contributed by atoms with Crippen molar-refractivity contribution < 1.29 is 34.8 Å². The Bertz CT molecular complexity index is 429. The molecule has 4 atom stereocenters. The summed E-state index contributed by atoms with van der Waals surface area (Å²) in [7, 11) is 0. The monoisotopic (exact) mass is 302 g/mol. The van der Waals surface area contributed by atoms with Crippen LogP contribution < -0.4 is 0 Å². The first-order valence-corrected chi connectivity index (χ1v) is 7.08. The number of ketones is 1. The van der Waals surface area contributed by atoms with E-state index in [9.17, 15) is 24.9 Å². The van der Waals surface area contributed by atoms with Crippen molar-refractivity contribution in [2.75, 3.05) is 0 Å². The lowest BCUT2D eigenvalue weighted by molar-refractivity contribution is -0.156. The Balaban J connectivity index is 2.76. The molecule has 0 aliphatic carbocycles. The average molecular weight is 302 g/mol. The van der Waals surface area contributed by atoms with Crippen LogP contribution in [0.4, 0.5) is 0 Å². The second-order valence-electron chi connectivity index (χ2n) is 5.14. The number of aliphatic hydroxyl groups excluding tert-OH is 4. The predicted octanol–water partition coefficient (Wildman–Crippen LogP) is 0.747. The lowest BCUT2D eigenvalue weighted by Gasteiger charge is -2.24. The summed E-state index contributed by atoms with van der Waals surface area (Å²) in [5, 5.41) is 38.5. The summed E-state index contributed by atoms with van der Waals surface area (Å²) in [6.07, 6.45) is -2.41. The fraction of sp³-hybridized carbons (Fsp3) is 0.714. The molecule has 0 fully saturated rings. The topological polar surface area (TPSA) is 124 Å². The minimum absolute atomic E-state index is 0.411. The number of aliphatic hydroxyl groups is 4. The van der Waals surface area contributed by atoms with E-state index in [4.69, 9.17) is 5.11 Å². The normalized spacial score (nSPS) is 22.9. The molecule has 0 aromatic rings. The van der Waals surface area contributed by atoms with E-state index >= 15 is 0 Å². The fourth-order valence-corrected chi connectivity index (χ4v) is 2.27. The van der Waals surface area contributed by atoms with Crippen LogP contribution in [0.15, 0.2) is 11.5 Å². The van der Waals surface area contributed by atoms with Crippen LogP contribution in [0.1, 0.15) is 39.5 Å². The first-order valence-electron chi connectivity index (χ1n) is 7.08. The molecular weight excluding hydrogens is 280 g/mol. The fourth-order valence-electron chi connectivity index (χ4n) is 2.27. The highest BCUT2D eigenvalue weighted by atomic mass is 16.6. The van der Waals surface area contributed by atoms with Gasteiger partial charge in [-0.25, -0.2) is 4.79 Å². The van der Waals surface area contributed by atoms with Crippen molar-refractivity contribution in [1.29, 1.82) is 0 Å². The molecule has 7 heteroatoms. The number of cyclic esters (lactones) is 1. The molecule has 1 aliphatic rings. The number of carbonyl (C=O) groups excluding carboxylic acids is 2. The first kappa shape index (κ1) is 17.5. The molecule has 0 aromatic heterocycles. The maximum Gasteiger partial charge on any atom is 0.377 e. The van der Waals surface area contributed by atoms with Crippen LogP contribution >= 0.6 is 0 Å². The maximum atomic E-state index is 12.1. The van der Waals surface area contributed by atoms with Crippen molar-refractivity contribution in [2.24, 2.45) is 5.92 Å². The molecule has 4 N–H and O–H groups in total. The van der Waals surface area contributed by atoms with Crippen LogP contribution in [-0.2, 0) is 14.3 Å². The third-order valence-corrected chi connectivity index (χ3v) is 3.67. The van der Waals surface area contributed by atoms with Gasteiger partial charge >= 0.3 is 5.97 Å². The lowest BCUT2D eigenvalue weighted by atomic mass is 9.88. The van der Waals surface area contributed by atoms with E-state index in [1.54, 1.807) is 6.92 Å². The standard InChI is InChI=1S/C14H22O7/c1-3-5-6-7(4-2)8(15)9(16)10(17)13-11(18)12(19)14(20)21-13/h7,9-10,13,16-19H,3-6H2,1-2H3/t7?,9?,10-,13+/m0/s1. The Morgan fingerprint density at radius 3 is 2.33 bits per heavy atom. The Labute approximate surface area is 122 Å². The summed E-state index contributed by atoms with van der Waals surface area (Å²) in [5.41, 5.74) is 0. The Morgan fingerprint density at radius 2 is 1.90 bits per heavy atom. The van der Waals surface area contributed by atoms with Gasteiger partial charge in [0.05, 0.1) is 0 Å². The van der Waals surface area contributed by atoms with Crippen molar-refractivity contribution in [1.82, 2.24) is 0 Å². The van der Waals surface area contributed by atoms with E-state index in [0.29, 0.717) is 12.8 Å². The molecule has 0 saturated heterocycles. The van der Waals surface area contributed by atoms with E-state index in [-0.39, 0.29) is 0 Å². The Hall–Kier alpha value is -1.60. The van der Waals surface area contributed by atoms with Gasteiger partial charge in [0.25, 0.3) is 0 Å². The van der Waals surface area contributed by atoms with Crippen molar-refractivity contribution >= 4 is 11.8 Å². The molecule has 1 heterocycles. The lowest BCUT2D eigenvalue weighted by Crippen LogP contribution is -2.45. The minimum atomic E-state index is -1.82. The molecule has 0 bridgehead atoms. The van der Waals surface area contributed by atoms with Gasteiger partial charge in [-0.1, -0.05) is 26.7 Å². The van der Waals surface area contributed by atoms with Crippen LogP contribution in [0.3, 0.4) is 0 Å². The summed E-state index contributed by atoms with van der Waals surface area (Å²) < 4.78 is 4.54. The molecular formula is C14H22O7. The Morgan fingerprint density at radius 1 is 1.29 bits per heavy atom. The molecule has 21 heavy (non-hydrogen) atoms. The quantitative estimate of drug-likeness (QED) is 0.487. The summed E-state index contributed by atoms with van der Waals surface area (Å²) in [6.45, 7) is 3.78. The van der Waals surface area contributed by atoms with E-state index in [1.165, 1.54) is 0 Å². The largest absolute Gasteiger partial charge is 0.505 e. The highest BCUT2D eigenvalue weighted by Crippen LogP contribution is 2.25. The van der Waals surface area contributed by atoms with Gasteiger partial charge in [0, 0.05) is 5.92 Å². The van der Waals surface area contributed by atoms with Crippen molar-refractivity contribution in [2.45, 2.75) is 57.8 Å². The number of carbonyl (C=O) groups is 2. The first-order chi connectivity index (χ1) is 9.84. The smallest absolute Gasteiger partial charge is 0.377 e. The highest BCUT2D eigenvalue weighted by molar-refractivity contribution is 5.90. The number of ether oxygens (including phenoxy) is 1. The van der Waals surface area contributed by atoms with E-state index in [2.05, 4.69) is 4.74 Å². The predicted molar refractivity (Wildman–Crippen MR) is 72.5 cm³/mol. The third-order valence-electron chi connectivity index (χ3n) is 3.67. The van der Waals surface area contributed by atoms with Gasteiger partial charge in [0.1, 0.15) is 12.2 Å². The molecule has 1 aliphatic heterocycles. The van der Waals surface area contributed by atoms with Crippen LogP contribution in [0, 0.1) is 5.92 Å². The average Bonchev–Trinajstić information content (AvgIpc) is 2.73. The second kappa shape index (κ2) is 7.42. The van der Waals surface area contributed by atoms with Gasteiger partial charge in [-0.2, -0.15) is 0 Å². The zero-order valence-electron chi connectivity index (χ0n) is 12.2.